The molecule has 2 aliphatic heterocycles. The fourth-order valence-electron chi connectivity index (χ4n) is 2.84. The smallest absolute Gasteiger partial charge is 0.125 e. The van der Waals surface area contributed by atoms with E-state index in [4.69, 9.17) is 22.1 Å². The average Bonchev–Trinajstić information content (AvgIpc) is 2.61. The zero-order valence-corrected chi connectivity index (χ0v) is 11.4. The van der Waals surface area contributed by atoms with Gasteiger partial charge in [-0.15, -0.1) is 0 Å². The normalized spacial score (nSPS) is 35.7. The number of fused-ring (bicyclic) bond motifs is 1. The fourth-order valence-corrected chi connectivity index (χ4v) is 4.32. The van der Waals surface area contributed by atoms with Crippen molar-refractivity contribution in [3.63, 3.8) is 0 Å². The molecule has 2 nitrogen and oxygen atoms in total. The predicted molar refractivity (Wildman–Crippen MR) is 72.9 cm³/mol. The van der Waals surface area contributed by atoms with Gasteiger partial charge in [0.15, 0.2) is 0 Å². The van der Waals surface area contributed by atoms with Crippen molar-refractivity contribution in [3.8, 4) is 5.75 Å². The lowest BCUT2D eigenvalue weighted by Crippen LogP contribution is -2.43. The third-order valence-corrected chi connectivity index (χ3v) is 5.24. The molecule has 0 bridgehead atoms. The summed E-state index contributed by atoms with van der Waals surface area (Å²) in [6.07, 6.45) is 1.99. The van der Waals surface area contributed by atoms with Crippen LogP contribution in [0.5, 0.6) is 5.75 Å². The van der Waals surface area contributed by atoms with Gasteiger partial charge in [-0.2, -0.15) is 11.8 Å². The molecule has 3 atom stereocenters. The van der Waals surface area contributed by atoms with E-state index in [0.29, 0.717) is 5.25 Å². The van der Waals surface area contributed by atoms with Gasteiger partial charge in [0, 0.05) is 34.1 Å². The van der Waals surface area contributed by atoms with Crippen LogP contribution in [0.4, 0.5) is 0 Å². The highest BCUT2D eigenvalue weighted by atomic mass is 35.5. The molecule has 3 rings (SSSR count). The van der Waals surface area contributed by atoms with Crippen molar-refractivity contribution in [2.75, 3.05) is 5.75 Å². The van der Waals surface area contributed by atoms with E-state index in [0.717, 1.165) is 34.9 Å². The predicted octanol–water partition coefficient (Wildman–Crippen LogP) is 3.39. The number of hydrogen-bond acceptors (Lipinski definition) is 3. The minimum Gasteiger partial charge on any atom is -0.486 e. The van der Waals surface area contributed by atoms with E-state index in [1.807, 2.05) is 30.0 Å². The molecule has 0 aromatic heterocycles. The lowest BCUT2D eigenvalue weighted by molar-refractivity contribution is 0.0576. The molecule has 1 fully saturated rings. The Hall–Kier alpha value is -0.380. The molecule has 0 aliphatic carbocycles. The zero-order chi connectivity index (χ0) is 12.0. The number of nitrogens with two attached hydrogens (primary N) is 1. The van der Waals surface area contributed by atoms with Gasteiger partial charge in [-0.25, -0.2) is 0 Å². The summed E-state index contributed by atoms with van der Waals surface area (Å²) in [7, 11) is 0. The van der Waals surface area contributed by atoms with Crippen LogP contribution in [0.2, 0.25) is 5.02 Å². The van der Waals surface area contributed by atoms with Gasteiger partial charge in [-0.1, -0.05) is 18.5 Å². The Bertz CT molecular complexity index is 453. The number of rotatable bonds is 0. The van der Waals surface area contributed by atoms with E-state index in [9.17, 15) is 0 Å². The molecule has 3 unspecified atom stereocenters. The highest BCUT2D eigenvalue weighted by molar-refractivity contribution is 8.00. The second kappa shape index (κ2) is 4.08. The molecular weight excluding hydrogens is 254 g/mol. The molecule has 17 heavy (non-hydrogen) atoms. The Morgan fingerprint density at radius 2 is 2.29 bits per heavy atom. The maximum absolute atomic E-state index is 6.27. The molecule has 92 valence electrons. The summed E-state index contributed by atoms with van der Waals surface area (Å²) >= 11 is 7.98. The quantitative estimate of drug-likeness (QED) is 0.784. The number of ether oxygens (including phenoxy) is 1. The summed E-state index contributed by atoms with van der Waals surface area (Å²) in [6, 6.07) is 5.80. The maximum atomic E-state index is 6.27. The second-order valence-corrected chi connectivity index (χ2v) is 6.97. The van der Waals surface area contributed by atoms with Crippen LogP contribution in [0.25, 0.3) is 0 Å². The number of thioether (sulfide) groups is 1. The molecule has 2 N–H and O–H groups in total. The summed E-state index contributed by atoms with van der Waals surface area (Å²) < 4.78 is 6.22. The Kier molecular flexibility index (Phi) is 2.80. The Morgan fingerprint density at radius 1 is 1.47 bits per heavy atom. The van der Waals surface area contributed by atoms with Gasteiger partial charge in [0.2, 0.25) is 0 Å². The van der Waals surface area contributed by atoms with Crippen molar-refractivity contribution in [2.24, 2.45) is 5.73 Å². The SMILES string of the molecule is CC1CC2(CS1)CC(N)c1cc(Cl)ccc1O2. The van der Waals surface area contributed by atoms with Crippen LogP contribution >= 0.6 is 23.4 Å². The molecular formula is C13H16ClNOS. The van der Waals surface area contributed by atoms with Gasteiger partial charge in [0.25, 0.3) is 0 Å². The third kappa shape index (κ3) is 2.05. The number of halogens is 1. The molecule has 4 heteroatoms. The largest absolute Gasteiger partial charge is 0.486 e. The van der Waals surface area contributed by atoms with Crippen LogP contribution in [0.15, 0.2) is 18.2 Å². The third-order valence-electron chi connectivity index (χ3n) is 3.58. The van der Waals surface area contributed by atoms with E-state index >= 15 is 0 Å². The molecule has 1 spiro atoms. The molecule has 0 amide bonds. The minimum absolute atomic E-state index is 0.0448. The van der Waals surface area contributed by atoms with E-state index < -0.39 is 0 Å². The second-order valence-electron chi connectivity index (χ2n) is 5.10. The van der Waals surface area contributed by atoms with Gasteiger partial charge in [0.05, 0.1) is 0 Å². The highest BCUT2D eigenvalue weighted by Gasteiger charge is 2.45. The van der Waals surface area contributed by atoms with E-state index in [-0.39, 0.29) is 11.6 Å². The standard InChI is InChI=1S/C13H16ClNOS/c1-8-5-13(7-17-8)6-11(15)10-4-9(14)2-3-12(10)16-13/h2-4,8,11H,5-7,15H2,1H3. The zero-order valence-electron chi connectivity index (χ0n) is 9.78. The van der Waals surface area contributed by atoms with E-state index in [1.165, 1.54) is 0 Å². The summed E-state index contributed by atoms with van der Waals surface area (Å²) in [4.78, 5) is 0. The Balaban J connectivity index is 1.96. The first kappa shape index (κ1) is 11.7. The lowest BCUT2D eigenvalue weighted by atomic mass is 9.86. The van der Waals surface area contributed by atoms with Crippen molar-refractivity contribution in [1.29, 1.82) is 0 Å². The van der Waals surface area contributed by atoms with Gasteiger partial charge in [-0.05, 0) is 24.6 Å². The lowest BCUT2D eigenvalue weighted by Gasteiger charge is -2.38. The van der Waals surface area contributed by atoms with Gasteiger partial charge >= 0.3 is 0 Å². The van der Waals surface area contributed by atoms with Crippen LogP contribution in [0, 0.1) is 0 Å². The van der Waals surface area contributed by atoms with Crippen molar-refractivity contribution in [3.05, 3.63) is 28.8 Å². The van der Waals surface area contributed by atoms with E-state index in [1.54, 1.807) is 0 Å². The van der Waals surface area contributed by atoms with Crippen molar-refractivity contribution in [1.82, 2.24) is 0 Å². The first-order chi connectivity index (χ1) is 8.08. The van der Waals surface area contributed by atoms with Crippen LogP contribution in [-0.4, -0.2) is 16.6 Å². The van der Waals surface area contributed by atoms with Crippen LogP contribution < -0.4 is 10.5 Å². The molecule has 2 heterocycles. The van der Waals surface area contributed by atoms with Crippen LogP contribution in [-0.2, 0) is 0 Å². The van der Waals surface area contributed by atoms with Gasteiger partial charge < -0.3 is 10.5 Å². The van der Waals surface area contributed by atoms with Crippen molar-refractivity contribution in [2.45, 2.75) is 36.7 Å². The first-order valence-corrected chi connectivity index (χ1v) is 7.36. The molecule has 2 aliphatic rings. The van der Waals surface area contributed by atoms with Crippen LogP contribution in [0.3, 0.4) is 0 Å². The topological polar surface area (TPSA) is 35.2 Å². The van der Waals surface area contributed by atoms with E-state index in [2.05, 4.69) is 6.92 Å². The highest BCUT2D eigenvalue weighted by Crippen LogP contribution is 2.47. The van der Waals surface area contributed by atoms with Crippen LogP contribution in [0.1, 0.15) is 31.4 Å². The molecule has 1 saturated heterocycles. The Morgan fingerprint density at radius 3 is 3.00 bits per heavy atom. The average molecular weight is 270 g/mol. The number of benzene rings is 1. The van der Waals surface area contributed by atoms with Crippen molar-refractivity contribution >= 4 is 23.4 Å². The molecule has 1 aromatic carbocycles. The fraction of sp³-hybridized carbons (Fsp3) is 0.538. The molecule has 1 aromatic rings. The summed E-state index contributed by atoms with van der Waals surface area (Å²) in [6.45, 7) is 2.26. The maximum Gasteiger partial charge on any atom is 0.125 e. The van der Waals surface area contributed by atoms with Gasteiger partial charge in [0.1, 0.15) is 11.4 Å². The summed E-state index contributed by atoms with van der Waals surface area (Å²) in [5, 5.41) is 1.39. The summed E-state index contributed by atoms with van der Waals surface area (Å²) in [5.74, 6) is 1.96. The Labute approximate surface area is 111 Å². The monoisotopic (exact) mass is 269 g/mol. The van der Waals surface area contributed by atoms with Crippen molar-refractivity contribution < 1.29 is 4.74 Å². The van der Waals surface area contributed by atoms with Gasteiger partial charge in [-0.3, -0.25) is 0 Å². The molecule has 0 radical (unpaired) electrons. The summed E-state index contributed by atoms with van der Waals surface area (Å²) in [5.41, 5.74) is 7.26. The number of hydrogen-bond donors (Lipinski definition) is 1. The first-order valence-electron chi connectivity index (χ1n) is 5.94. The minimum atomic E-state index is -0.0513. The molecule has 0 saturated carbocycles.